The SMILES string of the molecule is CC(C)[C@H](NC(=O)Cc1ccccc1)C(=O)O[C@H](C)C(=O)N1c2ccccc2C[C@@H]1C. The first-order valence-electron chi connectivity index (χ1n) is 10.7. The number of anilines is 1. The smallest absolute Gasteiger partial charge is 0.329 e. The number of hydrogen-bond donors (Lipinski definition) is 1. The summed E-state index contributed by atoms with van der Waals surface area (Å²) in [6.07, 6.45) is -0.00549. The van der Waals surface area contributed by atoms with Crippen LogP contribution in [-0.4, -0.2) is 36.0 Å². The van der Waals surface area contributed by atoms with Gasteiger partial charge in [0.1, 0.15) is 6.04 Å². The fourth-order valence-corrected chi connectivity index (χ4v) is 3.90. The molecule has 0 aliphatic carbocycles. The van der Waals surface area contributed by atoms with Crippen molar-refractivity contribution in [2.75, 3.05) is 4.90 Å². The number of nitrogens with one attached hydrogen (secondary N) is 1. The molecule has 2 aromatic carbocycles. The van der Waals surface area contributed by atoms with Crippen LogP contribution >= 0.6 is 0 Å². The van der Waals surface area contributed by atoms with Crippen molar-refractivity contribution in [3.05, 3.63) is 65.7 Å². The topological polar surface area (TPSA) is 75.7 Å². The van der Waals surface area contributed by atoms with Crippen LogP contribution in [0, 0.1) is 5.92 Å². The highest BCUT2D eigenvalue weighted by atomic mass is 16.5. The summed E-state index contributed by atoms with van der Waals surface area (Å²) in [7, 11) is 0. The number of benzene rings is 2. The van der Waals surface area contributed by atoms with Crippen LogP contribution in [0.5, 0.6) is 0 Å². The van der Waals surface area contributed by atoms with Gasteiger partial charge >= 0.3 is 5.97 Å². The van der Waals surface area contributed by atoms with Gasteiger partial charge in [-0.05, 0) is 43.4 Å². The minimum Gasteiger partial charge on any atom is -0.451 e. The van der Waals surface area contributed by atoms with E-state index in [0.29, 0.717) is 0 Å². The lowest BCUT2D eigenvalue weighted by atomic mass is 10.0. The number of para-hydroxylation sites is 1. The molecular formula is C25H30N2O4. The van der Waals surface area contributed by atoms with Gasteiger partial charge in [-0.1, -0.05) is 62.4 Å². The number of hydrogen-bond acceptors (Lipinski definition) is 4. The minimum atomic E-state index is -0.951. The molecule has 0 saturated heterocycles. The Morgan fingerprint density at radius 3 is 2.35 bits per heavy atom. The first kappa shape index (κ1) is 22.5. The Balaban J connectivity index is 1.63. The molecule has 3 atom stereocenters. The summed E-state index contributed by atoms with van der Waals surface area (Å²) in [6.45, 7) is 7.23. The summed E-state index contributed by atoms with van der Waals surface area (Å²) in [5, 5.41) is 2.76. The van der Waals surface area contributed by atoms with Gasteiger partial charge in [0.25, 0.3) is 5.91 Å². The number of nitrogens with zero attached hydrogens (tertiary/aromatic N) is 1. The molecule has 6 nitrogen and oxygen atoms in total. The second-order valence-corrected chi connectivity index (χ2v) is 8.42. The van der Waals surface area contributed by atoms with Gasteiger partial charge in [0.15, 0.2) is 6.10 Å². The van der Waals surface area contributed by atoms with Gasteiger partial charge in [0.2, 0.25) is 5.91 Å². The number of ether oxygens (including phenoxy) is 1. The van der Waals surface area contributed by atoms with E-state index in [0.717, 1.165) is 23.2 Å². The van der Waals surface area contributed by atoms with Gasteiger partial charge in [-0.3, -0.25) is 9.59 Å². The van der Waals surface area contributed by atoms with Gasteiger partial charge in [0.05, 0.1) is 6.42 Å². The highest BCUT2D eigenvalue weighted by molar-refractivity contribution is 6.00. The first-order chi connectivity index (χ1) is 14.8. The van der Waals surface area contributed by atoms with E-state index in [1.165, 1.54) is 0 Å². The van der Waals surface area contributed by atoms with E-state index >= 15 is 0 Å². The third kappa shape index (κ3) is 5.32. The zero-order valence-electron chi connectivity index (χ0n) is 18.5. The number of amides is 2. The number of carbonyl (C=O) groups excluding carboxylic acids is 3. The number of fused-ring (bicyclic) bond motifs is 1. The van der Waals surface area contributed by atoms with Crippen molar-refractivity contribution >= 4 is 23.5 Å². The normalized spacial score (nSPS) is 17.1. The molecule has 0 radical (unpaired) electrons. The molecule has 1 N–H and O–H groups in total. The third-order valence-electron chi connectivity index (χ3n) is 5.53. The summed E-state index contributed by atoms with van der Waals surface area (Å²) in [4.78, 5) is 40.0. The lowest BCUT2D eigenvalue weighted by Crippen LogP contribution is -2.49. The van der Waals surface area contributed by atoms with Crippen molar-refractivity contribution in [2.45, 2.75) is 58.7 Å². The molecule has 1 heterocycles. The van der Waals surface area contributed by atoms with Crippen molar-refractivity contribution in [1.29, 1.82) is 0 Å². The van der Waals surface area contributed by atoms with Gasteiger partial charge in [-0.25, -0.2) is 4.79 Å². The highest BCUT2D eigenvalue weighted by Crippen LogP contribution is 2.32. The van der Waals surface area contributed by atoms with Crippen LogP contribution in [0.15, 0.2) is 54.6 Å². The van der Waals surface area contributed by atoms with Crippen LogP contribution in [0.25, 0.3) is 0 Å². The maximum Gasteiger partial charge on any atom is 0.329 e. The number of rotatable bonds is 7. The average molecular weight is 423 g/mol. The Morgan fingerprint density at radius 1 is 1.03 bits per heavy atom. The lowest BCUT2D eigenvalue weighted by molar-refractivity contribution is -0.158. The molecule has 0 saturated carbocycles. The largest absolute Gasteiger partial charge is 0.451 e. The molecule has 164 valence electrons. The molecule has 0 spiro atoms. The first-order valence-corrected chi connectivity index (χ1v) is 10.7. The van der Waals surface area contributed by atoms with Crippen LogP contribution in [0.2, 0.25) is 0 Å². The summed E-state index contributed by atoms with van der Waals surface area (Å²) < 4.78 is 5.52. The third-order valence-corrected chi connectivity index (χ3v) is 5.53. The second-order valence-electron chi connectivity index (χ2n) is 8.42. The molecule has 1 aliphatic heterocycles. The zero-order chi connectivity index (χ0) is 22.5. The summed E-state index contributed by atoms with van der Waals surface area (Å²) in [5.41, 5.74) is 2.83. The zero-order valence-corrected chi connectivity index (χ0v) is 18.5. The molecule has 2 amide bonds. The molecule has 0 bridgehead atoms. The van der Waals surface area contributed by atoms with Crippen LogP contribution in [-0.2, 0) is 32.0 Å². The standard InChI is InChI=1S/C25H30N2O4/c1-16(2)23(26-22(28)15-19-10-6-5-7-11-19)25(30)31-18(4)24(29)27-17(3)14-20-12-8-9-13-21(20)27/h5-13,16-18,23H,14-15H2,1-4H3,(H,26,28)/t17-,18+,23-/m0/s1. The molecular weight excluding hydrogens is 392 g/mol. The Bertz CT molecular complexity index is 942. The summed E-state index contributed by atoms with van der Waals surface area (Å²) in [6, 6.07) is 16.3. The van der Waals surface area contributed by atoms with Crippen molar-refractivity contribution < 1.29 is 19.1 Å². The van der Waals surface area contributed by atoms with E-state index in [9.17, 15) is 14.4 Å². The predicted molar refractivity (Wildman–Crippen MR) is 120 cm³/mol. The van der Waals surface area contributed by atoms with Gasteiger partial charge in [0, 0.05) is 11.7 Å². The fraction of sp³-hybridized carbons (Fsp3) is 0.400. The maximum atomic E-state index is 13.1. The van der Waals surface area contributed by atoms with E-state index in [2.05, 4.69) is 5.32 Å². The van der Waals surface area contributed by atoms with Crippen LogP contribution in [0.3, 0.4) is 0 Å². The fourth-order valence-electron chi connectivity index (χ4n) is 3.90. The van der Waals surface area contributed by atoms with Crippen molar-refractivity contribution in [3.63, 3.8) is 0 Å². The van der Waals surface area contributed by atoms with Crippen LogP contribution < -0.4 is 10.2 Å². The van der Waals surface area contributed by atoms with Crippen molar-refractivity contribution in [1.82, 2.24) is 5.32 Å². The molecule has 0 unspecified atom stereocenters. The molecule has 31 heavy (non-hydrogen) atoms. The predicted octanol–water partition coefficient (Wildman–Crippen LogP) is 3.28. The van der Waals surface area contributed by atoms with Crippen LogP contribution in [0.4, 0.5) is 5.69 Å². The van der Waals surface area contributed by atoms with Crippen LogP contribution in [0.1, 0.15) is 38.8 Å². The Hall–Kier alpha value is -3.15. The lowest BCUT2D eigenvalue weighted by Gasteiger charge is -2.28. The molecule has 2 aromatic rings. The van der Waals surface area contributed by atoms with Crippen molar-refractivity contribution in [3.8, 4) is 0 Å². The highest BCUT2D eigenvalue weighted by Gasteiger charge is 2.36. The quantitative estimate of drug-likeness (QED) is 0.695. The number of esters is 1. The Labute approximate surface area is 183 Å². The molecule has 3 rings (SSSR count). The van der Waals surface area contributed by atoms with E-state index in [4.69, 9.17) is 4.74 Å². The second kappa shape index (κ2) is 9.77. The van der Waals surface area contributed by atoms with Gasteiger partial charge in [-0.2, -0.15) is 0 Å². The van der Waals surface area contributed by atoms with Gasteiger partial charge < -0.3 is 15.0 Å². The molecule has 6 heteroatoms. The molecule has 0 aromatic heterocycles. The van der Waals surface area contributed by atoms with E-state index in [1.54, 1.807) is 11.8 Å². The van der Waals surface area contributed by atoms with E-state index < -0.39 is 18.1 Å². The number of carbonyl (C=O) groups is 3. The van der Waals surface area contributed by atoms with E-state index in [-0.39, 0.29) is 30.2 Å². The average Bonchev–Trinajstić information content (AvgIpc) is 3.07. The molecule has 0 fully saturated rings. The monoisotopic (exact) mass is 422 g/mol. The maximum absolute atomic E-state index is 13.1. The Morgan fingerprint density at radius 2 is 1.68 bits per heavy atom. The summed E-state index contributed by atoms with van der Waals surface area (Å²) in [5.74, 6) is -1.30. The van der Waals surface area contributed by atoms with E-state index in [1.807, 2.05) is 75.4 Å². The minimum absolute atomic E-state index is 0.00229. The Kier molecular flexibility index (Phi) is 7.10. The molecule has 1 aliphatic rings. The van der Waals surface area contributed by atoms with Gasteiger partial charge in [-0.15, -0.1) is 0 Å². The summed E-state index contributed by atoms with van der Waals surface area (Å²) >= 11 is 0. The van der Waals surface area contributed by atoms with Crippen molar-refractivity contribution in [2.24, 2.45) is 5.92 Å².